The molecule has 1 atom stereocenters. The Morgan fingerprint density at radius 3 is 2.28 bits per heavy atom. The molecule has 2 aromatic rings. The van der Waals surface area contributed by atoms with Crippen molar-refractivity contribution in [1.29, 1.82) is 0 Å². The Morgan fingerprint density at radius 1 is 1.17 bits per heavy atom. The van der Waals surface area contributed by atoms with Crippen molar-refractivity contribution in [2.24, 2.45) is 0 Å². The van der Waals surface area contributed by atoms with E-state index in [1.807, 2.05) is 0 Å². The number of amides is 1. The van der Waals surface area contributed by atoms with Gasteiger partial charge in [-0.3, -0.25) is 9.10 Å². The van der Waals surface area contributed by atoms with Gasteiger partial charge in [-0.1, -0.05) is 17.7 Å². The molecule has 0 saturated heterocycles. The number of benzene rings is 2. The number of alkyl halides is 3. The first-order valence-corrected chi connectivity index (χ1v) is 10.4. The fourth-order valence-electron chi connectivity index (χ4n) is 2.59. The Labute approximate surface area is 171 Å². The smallest absolute Gasteiger partial charge is 0.406 e. The second-order valence-corrected chi connectivity index (χ2v) is 8.52. The van der Waals surface area contributed by atoms with Crippen molar-refractivity contribution in [3.8, 4) is 5.75 Å². The molecule has 0 aliphatic heterocycles. The summed E-state index contributed by atoms with van der Waals surface area (Å²) in [5, 5.41) is 2.77. The van der Waals surface area contributed by atoms with Crippen molar-refractivity contribution in [3.63, 3.8) is 0 Å². The standard InChI is InChI=1S/C18H18ClF3N2O4S/c1-11-4-5-13(19)10-16(11)24(29(3,26)27)12(2)17(25)23-14-6-8-15(9-7-14)28-18(20,21)22/h4-10,12H,1-3H3,(H,23,25)/t12-/m1/s1. The molecule has 0 aliphatic carbocycles. The molecule has 11 heteroatoms. The summed E-state index contributed by atoms with van der Waals surface area (Å²) in [5.41, 5.74) is 1.01. The zero-order valence-electron chi connectivity index (χ0n) is 15.6. The van der Waals surface area contributed by atoms with E-state index in [4.69, 9.17) is 11.6 Å². The summed E-state index contributed by atoms with van der Waals surface area (Å²) in [7, 11) is -3.85. The number of rotatable bonds is 6. The summed E-state index contributed by atoms with van der Waals surface area (Å²) in [6.45, 7) is 3.06. The number of nitrogens with one attached hydrogen (secondary N) is 1. The average molecular weight is 451 g/mol. The van der Waals surface area contributed by atoms with Gasteiger partial charge in [-0.05, 0) is 55.8 Å². The van der Waals surface area contributed by atoms with Gasteiger partial charge in [-0.15, -0.1) is 13.2 Å². The van der Waals surface area contributed by atoms with Crippen LogP contribution in [0.1, 0.15) is 12.5 Å². The fraction of sp³-hybridized carbons (Fsp3) is 0.278. The third kappa shape index (κ3) is 6.26. The van der Waals surface area contributed by atoms with Gasteiger partial charge >= 0.3 is 6.36 Å². The topological polar surface area (TPSA) is 75.7 Å². The third-order valence-corrected chi connectivity index (χ3v) is 5.32. The maximum absolute atomic E-state index is 12.6. The molecular formula is C18H18ClF3N2O4S. The average Bonchev–Trinajstić information content (AvgIpc) is 2.57. The monoisotopic (exact) mass is 450 g/mol. The van der Waals surface area contributed by atoms with Crippen LogP contribution in [0.25, 0.3) is 0 Å². The molecule has 0 fully saturated rings. The summed E-state index contributed by atoms with van der Waals surface area (Å²) in [4.78, 5) is 12.6. The number of carbonyl (C=O) groups is 1. The van der Waals surface area contributed by atoms with Gasteiger partial charge in [0.05, 0.1) is 11.9 Å². The molecule has 2 rings (SSSR count). The molecule has 0 aliphatic rings. The highest BCUT2D eigenvalue weighted by Gasteiger charge is 2.32. The Hall–Kier alpha value is -2.46. The first-order chi connectivity index (χ1) is 13.3. The van der Waals surface area contributed by atoms with Gasteiger partial charge in [-0.25, -0.2) is 8.42 Å². The van der Waals surface area contributed by atoms with E-state index >= 15 is 0 Å². The van der Waals surface area contributed by atoms with Crippen molar-refractivity contribution < 1.29 is 31.1 Å². The number of sulfonamides is 1. The number of aryl methyl sites for hydroxylation is 1. The number of anilines is 2. The summed E-state index contributed by atoms with van der Waals surface area (Å²) in [5.74, 6) is -1.13. The van der Waals surface area contributed by atoms with Crippen molar-refractivity contribution in [3.05, 3.63) is 53.1 Å². The quantitative estimate of drug-likeness (QED) is 0.710. The summed E-state index contributed by atoms with van der Waals surface area (Å²) >= 11 is 5.97. The summed E-state index contributed by atoms with van der Waals surface area (Å²) < 4.78 is 66.0. The maximum atomic E-state index is 12.6. The molecule has 1 amide bonds. The SMILES string of the molecule is Cc1ccc(Cl)cc1N([C@H](C)C(=O)Nc1ccc(OC(F)(F)F)cc1)S(C)(=O)=O. The zero-order chi connectivity index (χ0) is 22.0. The number of ether oxygens (including phenoxy) is 1. The normalized spacial score (nSPS) is 12.9. The summed E-state index contributed by atoms with van der Waals surface area (Å²) in [6, 6.07) is 7.98. The van der Waals surface area contributed by atoms with E-state index in [0.29, 0.717) is 10.6 Å². The van der Waals surface area contributed by atoms with Crippen LogP contribution < -0.4 is 14.4 Å². The summed E-state index contributed by atoms with van der Waals surface area (Å²) in [6.07, 6.45) is -3.87. The van der Waals surface area contributed by atoms with Crippen LogP contribution in [-0.2, 0) is 14.8 Å². The van der Waals surface area contributed by atoms with Gasteiger partial charge in [0.15, 0.2) is 0 Å². The molecule has 0 aromatic heterocycles. The molecule has 158 valence electrons. The van der Waals surface area contributed by atoms with Gasteiger partial charge in [-0.2, -0.15) is 0 Å². The van der Waals surface area contributed by atoms with Crippen molar-refractivity contribution >= 4 is 38.9 Å². The molecule has 1 N–H and O–H groups in total. The molecule has 0 bridgehead atoms. The van der Waals surface area contributed by atoms with Gasteiger partial charge < -0.3 is 10.1 Å². The first kappa shape index (κ1) is 22.8. The molecule has 2 aromatic carbocycles. The van der Waals surface area contributed by atoms with Gasteiger partial charge in [0.1, 0.15) is 11.8 Å². The molecule has 0 radical (unpaired) electrons. The fourth-order valence-corrected chi connectivity index (χ4v) is 3.98. The minimum Gasteiger partial charge on any atom is -0.406 e. The lowest BCUT2D eigenvalue weighted by atomic mass is 10.1. The van der Waals surface area contributed by atoms with E-state index in [2.05, 4.69) is 10.1 Å². The Morgan fingerprint density at radius 2 is 1.76 bits per heavy atom. The van der Waals surface area contributed by atoms with E-state index in [0.717, 1.165) is 22.7 Å². The lowest BCUT2D eigenvalue weighted by Crippen LogP contribution is -2.45. The van der Waals surface area contributed by atoms with E-state index in [9.17, 15) is 26.4 Å². The lowest BCUT2D eigenvalue weighted by molar-refractivity contribution is -0.274. The second kappa shape index (κ2) is 8.50. The van der Waals surface area contributed by atoms with E-state index in [1.165, 1.54) is 25.1 Å². The highest BCUT2D eigenvalue weighted by molar-refractivity contribution is 7.92. The Kier molecular flexibility index (Phi) is 6.69. The van der Waals surface area contributed by atoms with Crippen molar-refractivity contribution in [2.45, 2.75) is 26.3 Å². The van der Waals surface area contributed by atoms with Gasteiger partial charge in [0.2, 0.25) is 15.9 Å². The predicted octanol–water partition coefficient (Wildman–Crippen LogP) is 4.34. The van der Waals surface area contributed by atoms with E-state index in [-0.39, 0.29) is 11.4 Å². The van der Waals surface area contributed by atoms with E-state index in [1.54, 1.807) is 19.1 Å². The van der Waals surface area contributed by atoms with Crippen molar-refractivity contribution in [2.75, 3.05) is 15.9 Å². The predicted molar refractivity (Wildman–Crippen MR) is 105 cm³/mol. The Balaban J connectivity index is 2.25. The minimum absolute atomic E-state index is 0.174. The van der Waals surface area contributed by atoms with Crippen LogP contribution in [0.2, 0.25) is 5.02 Å². The zero-order valence-corrected chi connectivity index (χ0v) is 17.2. The highest BCUT2D eigenvalue weighted by Crippen LogP contribution is 2.29. The number of nitrogens with zero attached hydrogens (tertiary/aromatic N) is 1. The van der Waals surface area contributed by atoms with Crippen LogP contribution in [0, 0.1) is 6.92 Å². The number of halogens is 4. The Bertz CT molecular complexity index is 995. The minimum atomic E-state index is -4.83. The second-order valence-electron chi connectivity index (χ2n) is 6.23. The first-order valence-electron chi connectivity index (χ1n) is 8.20. The molecule has 0 saturated carbocycles. The lowest BCUT2D eigenvalue weighted by Gasteiger charge is -2.29. The highest BCUT2D eigenvalue weighted by atomic mass is 35.5. The molecule has 0 heterocycles. The van der Waals surface area contributed by atoms with Crippen LogP contribution in [-0.4, -0.2) is 33.0 Å². The number of hydrogen-bond acceptors (Lipinski definition) is 4. The van der Waals surface area contributed by atoms with Crippen LogP contribution in [0.4, 0.5) is 24.5 Å². The van der Waals surface area contributed by atoms with E-state index < -0.39 is 34.1 Å². The third-order valence-electron chi connectivity index (χ3n) is 3.85. The molecule has 6 nitrogen and oxygen atoms in total. The van der Waals surface area contributed by atoms with Crippen LogP contribution >= 0.6 is 11.6 Å². The number of hydrogen-bond donors (Lipinski definition) is 1. The van der Waals surface area contributed by atoms with Gasteiger partial charge in [0, 0.05) is 10.7 Å². The number of carbonyl (C=O) groups excluding carboxylic acids is 1. The van der Waals surface area contributed by atoms with Crippen molar-refractivity contribution in [1.82, 2.24) is 0 Å². The van der Waals surface area contributed by atoms with Gasteiger partial charge in [0.25, 0.3) is 0 Å². The van der Waals surface area contributed by atoms with Crippen LogP contribution in [0.5, 0.6) is 5.75 Å². The molecule has 0 unspecified atom stereocenters. The molecule has 0 spiro atoms. The molecular weight excluding hydrogens is 433 g/mol. The van der Waals surface area contributed by atoms with Crippen LogP contribution in [0.3, 0.4) is 0 Å². The maximum Gasteiger partial charge on any atom is 0.573 e. The largest absolute Gasteiger partial charge is 0.573 e. The molecule has 29 heavy (non-hydrogen) atoms. The van der Waals surface area contributed by atoms with Crippen LogP contribution in [0.15, 0.2) is 42.5 Å².